The average molecular weight is 264 g/mol. The number of nitrogens with zero attached hydrogens (tertiary/aromatic N) is 1. The minimum atomic E-state index is -0.312. The van der Waals surface area contributed by atoms with Crippen LogP contribution in [0.5, 0.6) is 0 Å². The smallest absolute Gasteiger partial charge is 0.261 e. The third kappa shape index (κ3) is 2.87. The third-order valence-corrected chi connectivity index (χ3v) is 3.69. The van der Waals surface area contributed by atoms with E-state index >= 15 is 0 Å². The summed E-state index contributed by atoms with van der Waals surface area (Å²) < 4.78 is 0. The van der Waals surface area contributed by atoms with Gasteiger partial charge in [0.2, 0.25) is 0 Å². The Morgan fingerprint density at radius 3 is 2.89 bits per heavy atom. The lowest BCUT2D eigenvalue weighted by Crippen LogP contribution is -2.34. The Hall–Kier alpha value is -1.62. The summed E-state index contributed by atoms with van der Waals surface area (Å²) in [4.78, 5) is 28.7. The SMILES string of the molecule is Cc1cc(C)c(C(=O)N2CCC(CCO)C2)c(=O)[nH]1. The van der Waals surface area contributed by atoms with Crippen molar-refractivity contribution in [1.29, 1.82) is 0 Å². The fraction of sp³-hybridized carbons (Fsp3) is 0.571. The summed E-state index contributed by atoms with van der Waals surface area (Å²) in [6, 6.07) is 1.82. The Balaban J connectivity index is 2.20. The van der Waals surface area contributed by atoms with Gasteiger partial charge in [-0.3, -0.25) is 9.59 Å². The molecule has 1 atom stereocenters. The number of hydrogen-bond acceptors (Lipinski definition) is 3. The fourth-order valence-corrected chi connectivity index (χ4v) is 2.71. The maximum atomic E-state index is 12.4. The number of aliphatic hydroxyl groups is 1. The highest BCUT2D eigenvalue weighted by Crippen LogP contribution is 2.21. The van der Waals surface area contributed by atoms with E-state index in [1.807, 2.05) is 6.07 Å². The molecule has 0 saturated carbocycles. The van der Waals surface area contributed by atoms with E-state index in [1.54, 1.807) is 18.7 Å². The maximum absolute atomic E-state index is 12.4. The molecule has 1 unspecified atom stereocenters. The lowest BCUT2D eigenvalue weighted by Gasteiger charge is -2.17. The molecule has 104 valence electrons. The number of amides is 1. The van der Waals surface area contributed by atoms with Gasteiger partial charge in [-0.05, 0) is 44.2 Å². The topological polar surface area (TPSA) is 73.4 Å². The lowest BCUT2D eigenvalue weighted by atomic mass is 10.1. The first-order valence-corrected chi connectivity index (χ1v) is 6.63. The quantitative estimate of drug-likeness (QED) is 0.849. The van der Waals surface area contributed by atoms with E-state index in [-0.39, 0.29) is 23.6 Å². The molecule has 1 aliphatic rings. The van der Waals surface area contributed by atoms with Gasteiger partial charge in [0.05, 0.1) is 0 Å². The van der Waals surface area contributed by atoms with Crippen molar-refractivity contribution < 1.29 is 9.90 Å². The number of carbonyl (C=O) groups is 1. The van der Waals surface area contributed by atoms with E-state index < -0.39 is 0 Å². The highest BCUT2D eigenvalue weighted by atomic mass is 16.3. The molecule has 0 spiro atoms. The molecule has 0 bridgehead atoms. The summed E-state index contributed by atoms with van der Waals surface area (Å²) in [7, 11) is 0. The van der Waals surface area contributed by atoms with Crippen molar-refractivity contribution in [2.24, 2.45) is 5.92 Å². The summed E-state index contributed by atoms with van der Waals surface area (Å²) in [5.41, 5.74) is 1.42. The number of carbonyl (C=O) groups excluding carboxylic acids is 1. The summed E-state index contributed by atoms with van der Waals surface area (Å²) in [6.07, 6.45) is 1.61. The van der Waals surface area contributed by atoms with Crippen LogP contribution in [-0.2, 0) is 0 Å². The van der Waals surface area contributed by atoms with Crippen LogP contribution in [0.25, 0.3) is 0 Å². The van der Waals surface area contributed by atoms with Gasteiger partial charge >= 0.3 is 0 Å². The first-order chi connectivity index (χ1) is 9.02. The predicted molar refractivity (Wildman–Crippen MR) is 72.3 cm³/mol. The van der Waals surface area contributed by atoms with E-state index in [4.69, 9.17) is 5.11 Å². The Morgan fingerprint density at radius 2 is 2.26 bits per heavy atom. The number of hydrogen-bond donors (Lipinski definition) is 2. The van der Waals surface area contributed by atoms with Crippen LogP contribution in [0.1, 0.15) is 34.5 Å². The molecule has 2 heterocycles. The Morgan fingerprint density at radius 1 is 1.53 bits per heavy atom. The number of rotatable bonds is 3. The van der Waals surface area contributed by atoms with E-state index in [0.29, 0.717) is 25.4 Å². The molecule has 19 heavy (non-hydrogen) atoms. The zero-order valence-electron chi connectivity index (χ0n) is 11.4. The van der Waals surface area contributed by atoms with Crippen molar-refractivity contribution in [3.63, 3.8) is 0 Å². The van der Waals surface area contributed by atoms with Gasteiger partial charge in [0.25, 0.3) is 11.5 Å². The van der Waals surface area contributed by atoms with Gasteiger partial charge in [-0.25, -0.2) is 0 Å². The molecule has 5 heteroatoms. The molecule has 2 N–H and O–H groups in total. The summed E-state index contributed by atoms with van der Waals surface area (Å²) >= 11 is 0. The molecule has 1 amide bonds. The Kier molecular flexibility index (Phi) is 4.04. The molecule has 0 aromatic carbocycles. The third-order valence-electron chi connectivity index (χ3n) is 3.69. The minimum absolute atomic E-state index is 0.150. The van der Waals surface area contributed by atoms with E-state index in [0.717, 1.165) is 17.7 Å². The molecule has 1 aromatic heterocycles. The first-order valence-electron chi connectivity index (χ1n) is 6.63. The molecule has 2 rings (SSSR count). The average Bonchev–Trinajstić information content (AvgIpc) is 2.76. The van der Waals surface area contributed by atoms with Crippen LogP contribution in [0, 0.1) is 19.8 Å². The van der Waals surface area contributed by atoms with Crippen LogP contribution >= 0.6 is 0 Å². The van der Waals surface area contributed by atoms with E-state index in [2.05, 4.69) is 4.98 Å². The molecule has 0 radical (unpaired) electrons. The molecule has 1 aliphatic heterocycles. The number of aromatic amines is 1. The second kappa shape index (κ2) is 5.57. The van der Waals surface area contributed by atoms with Crippen LogP contribution in [0.4, 0.5) is 0 Å². The lowest BCUT2D eigenvalue weighted by molar-refractivity contribution is 0.0782. The number of aromatic nitrogens is 1. The summed E-state index contributed by atoms with van der Waals surface area (Å²) in [5.74, 6) is 0.151. The number of aliphatic hydroxyl groups excluding tert-OH is 1. The van der Waals surface area contributed by atoms with Crippen LogP contribution < -0.4 is 5.56 Å². The van der Waals surface area contributed by atoms with Crippen molar-refractivity contribution in [1.82, 2.24) is 9.88 Å². The molecule has 1 saturated heterocycles. The monoisotopic (exact) mass is 264 g/mol. The highest BCUT2D eigenvalue weighted by molar-refractivity contribution is 5.95. The van der Waals surface area contributed by atoms with E-state index in [9.17, 15) is 9.59 Å². The fourth-order valence-electron chi connectivity index (χ4n) is 2.71. The number of nitrogens with one attached hydrogen (secondary N) is 1. The first kappa shape index (κ1) is 13.8. The molecule has 1 fully saturated rings. The normalized spacial score (nSPS) is 18.9. The summed E-state index contributed by atoms with van der Waals surface area (Å²) in [6.45, 7) is 5.03. The van der Waals surface area contributed by atoms with Crippen LogP contribution in [-0.4, -0.2) is 40.6 Å². The summed E-state index contributed by atoms with van der Waals surface area (Å²) in [5, 5.41) is 8.93. The van der Waals surface area contributed by atoms with Crippen molar-refractivity contribution in [2.75, 3.05) is 19.7 Å². The van der Waals surface area contributed by atoms with Gasteiger partial charge < -0.3 is 15.0 Å². The van der Waals surface area contributed by atoms with Crippen molar-refractivity contribution in [3.8, 4) is 0 Å². The van der Waals surface area contributed by atoms with Crippen molar-refractivity contribution >= 4 is 5.91 Å². The second-order valence-electron chi connectivity index (χ2n) is 5.26. The number of aryl methyl sites for hydroxylation is 2. The van der Waals surface area contributed by atoms with Gasteiger partial charge in [0.15, 0.2) is 0 Å². The largest absolute Gasteiger partial charge is 0.396 e. The van der Waals surface area contributed by atoms with Crippen molar-refractivity contribution in [3.05, 3.63) is 33.2 Å². The van der Waals surface area contributed by atoms with Gasteiger partial charge in [0, 0.05) is 25.4 Å². The molecular weight excluding hydrogens is 244 g/mol. The van der Waals surface area contributed by atoms with Gasteiger partial charge in [0.1, 0.15) is 5.56 Å². The van der Waals surface area contributed by atoms with Gasteiger partial charge in [-0.15, -0.1) is 0 Å². The molecule has 1 aromatic rings. The van der Waals surface area contributed by atoms with E-state index in [1.165, 1.54) is 0 Å². The molecule has 5 nitrogen and oxygen atoms in total. The second-order valence-corrected chi connectivity index (χ2v) is 5.26. The number of likely N-dealkylation sites (tertiary alicyclic amines) is 1. The zero-order chi connectivity index (χ0) is 14.0. The standard InChI is InChI=1S/C14H20N2O3/c1-9-7-10(2)15-13(18)12(9)14(19)16-5-3-11(8-16)4-6-17/h7,11,17H,3-6,8H2,1-2H3,(H,15,18). The Labute approximate surface area is 112 Å². The van der Waals surface area contributed by atoms with Crippen LogP contribution in [0.15, 0.2) is 10.9 Å². The Bertz CT molecular complexity index is 536. The maximum Gasteiger partial charge on any atom is 0.261 e. The minimum Gasteiger partial charge on any atom is -0.396 e. The van der Waals surface area contributed by atoms with Gasteiger partial charge in [-0.2, -0.15) is 0 Å². The number of pyridine rings is 1. The van der Waals surface area contributed by atoms with Crippen LogP contribution in [0.3, 0.4) is 0 Å². The van der Waals surface area contributed by atoms with Crippen LogP contribution in [0.2, 0.25) is 0 Å². The van der Waals surface area contributed by atoms with Crippen molar-refractivity contribution in [2.45, 2.75) is 26.7 Å². The highest BCUT2D eigenvalue weighted by Gasteiger charge is 2.28. The van der Waals surface area contributed by atoms with Gasteiger partial charge in [-0.1, -0.05) is 0 Å². The predicted octanol–water partition coefficient (Wildman–Crippen LogP) is 0.836. The molecule has 0 aliphatic carbocycles. The zero-order valence-corrected chi connectivity index (χ0v) is 11.4. The number of H-pyrrole nitrogens is 1. The molecular formula is C14H20N2O3.